The first-order chi connectivity index (χ1) is 13.4. The van der Waals surface area contributed by atoms with Gasteiger partial charge in [-0.2, -0.15) is 23.5 Å². The van der Waals surface area contributed by atoms with E-state index < -0.39 is 18.7 Å². The Morgan fingerprint density at radius 2 is 2.00 bits per heavy atom. The Hall–Kier alpha value is -3.26. The number of aromatic amines is 1. The number of alkyl halides is 3. The van der Waals surface area contributed by atoms with E-state index in [-0.39, 0.29) is 22.7 Å². The summed E-state index contributed by atoms with van der Waals surface area (Å²) in [7, 11) is 0. The molecule has 1 aliphatic rings. The summed E-state index contributed by atoms with van der Waals surface area (Å²) in [5.74, 6) is 0.0159. The van der Waals surface area contributed by atoms with Crippen LogP contribution < -0.4 is 15.0 Å². The molecule has 1 aromatic heterocycles. The number of ether oxygens (including phenoxy) is 2. The van der Waals surface area contributed by atoms with Gasteiger partial charge in [-0.15, -0.1) is 0 Å². The Bertz CT molecular complexity index is 868. The largest absolute Gasteiger partial charge is 0.484 e. The summed E-state index contributed by atoms with van der Waals surface area (Å²) in [5.41, 5.74) is 0.381. The first-order valence-corrected chi connectivity index (χ1v) is 8.29. The number of nitrogens with zero attached hydrogens (tertiary/aromatic N) is 3. The normalized spacial score (nSPS) is 14.4. The second-order valence-electron chi connectivity index (χ2n) is 5.89. The van der Waals surface area contributed by atoms with Crippen LogP contribution >= 0.6 is 0 Å². The molecular weight excluding hydrogens is 379 g/mol. The number of hydrogen-bond donors (Lipinski definition) is 2. The fourth-order valence-corrected chi connectivity index (χ4v) is 2.59. The zero-order chi connectivity index (χ0) is 20.1. The van der Waals surface area contributed by atoms with Crippen LogP contribution in [0, 0.1) is 11.3 Å². The van der Waals surface area contributed by atoms with E-state index >= 15 is 0 Å². The Balaban J connectivity index is 1.67. The summed E-state index contributed by atoms with van der Waals surface area (Å²) in [5, 5.41) is 18.7. The van der Waals surface area contributed by atoms with Crippen molar-refractivity contribution >= 4 is 17.5 Å². The number of rotatable bonds is 5. The smallest absolute Gasteiger partial charge is 0.422 e. The molecule has 2 N–H and O–H groups in total. The van der Waals surface area contributed by atoms with Gasteiger partial charge in [0, 0.05) is 18.7 Å². The van der Waals surface area contributed by atoms with Crippen LogP contribution in [0.25, 0.3) is 0 Å². The SMILES string of the molecule is N#Cc1c(N2CCOCC2)n[nH]c1NC(=O)c1ccc(OCC(F)(F)F)cc1. The van der Waals surface area contributed by atoms with Gasteiger partial charge in [0.1, 0.15) is 23.2 Å². The number of nitrogens with one attached hydrogen (secondary N) is 2. The van der Waals surface area contributed by atoms with Crippen LogP contribution in [0.4, 0.5) is 24.8 Å². The van der Waals surface area contributed by atoms with Gasteiger partial charge in [0.25, 0.3) is 5.91 Å². The van der Waals surface area contributed by atoms with E-state index in [9.17, 15) is 23.2 Å². The standard InChI is InChI=1S/C17H16F3N5O3/c18-17(19,20)10-28-12-3-1-11(2-4-12)16(26)22-14-13(9-21)15(24-23-14)25-5-7-27-8-6-25/h1-4H,5-8,10H2,(H2,22,23,24,26). The van der Waals surface area contributed by atoms with Gasteiger partial charge in [-0.1, -0.05) is 0 Å². The summed E-state index contributed by atoms with van der Waals surface area (Å²) >= 11 is 0. The van der Waals surface area contributed by atoms with Crippen molar-refractivity contribution < 1.29 is 27.4 Å². The Labute approximate surface area is 157 Å². The highest BCUT2D eigenvalue weighted by atomic mass is 19.4. The predicted molar refractivity (Wildman–Crippen MR) is 92.3 cm³/mol. The minimum absolute atomic E-state index is 0.0114. The van der Waals surface area contributed by atoms with Crippen molar-refractivity contribution in [3.8, 4) is 11.8 Å². The molecule has 8 nitrogen and oxygen atoms in total. The Morgan fingerprint density at radius 1 is 1.32 bits per heavy atom. The van der Waals surface area contributed by atoms with E-state index in [0.29, 0.717) is 32.1 Å². The first-order valence-electron chi connectivity index (χ1n) is 8.29. The Morgan fingerprint density at radius 3 is 2.61 bits per heavy atom. The van der Waals surface area contributed by atoms with Crippen LogP contribution in [0.5, 0.6) is 5.75 Å². The van der Waals surface area contributed by atoms with Gasteiger partial charge in [0.05, 0.1) is 13.2 Å². The number of amides is 1. The third kappa shape index (κ3) is 4.72. The lowest BCUT2D eigenvalue weighted by atomic mass is 10.2. The summed E-state index contributed by atoms with van der Waals surface area (Å²) in [4.78, 5) is 14.2. The van der Waals surface area contributed by atoms with Gasteiger partial charge < -0.3 is 19.7 Å². The molecule has 1 saturated heterocycles. The van der Waals surface area contributed by atoms with Crippen molar-refractivity contribution in [2.75, 3.05) is 43.1 Å². The lowest BCUT2D eigenvalue weighted by Gasteiger charge is -2.26. The minimum atomic E-state index is -4.44. The summed E-state index contributed by atoms with van der Waals surface area (Å²) in [6, 6.07) is 7.20. The third-order valence-corrected chi connectivity index (χ3v) is 3.93. The number of nitriles is 1. The number of aromatic nitrogens is 2. The molecule has 1 amide bonds. The number of anilines is 2. The summed E-state index contributed by atoms with van der Waals surface area (Å²) in [6.07, 6.45) is -4.44. The average molecular weight is 395 g/mol. The minimum Gasteiger partial charge on any atom is -0.484 e. The fraction of sp³-hybridized carbons (Fsp3) is 0.353. The molecular formula is C17H16F3N5O3. The topological polar surface area (TPSA) is 103 Å². The van der Waals surface area contributed by atoms with Crippen molar-refractivity contribution in [3.05, 3.63) is 35.4 Å². The molecule has 148 valence electrons. The molecule has 1 aliphatic heterocycles. The average Bonchev–Trinajstić information content (AvgIpc) is 3.09. The predicted octanol–water partition coefficient (Wildman–Crippen LogP) is 2.31. The molecule has 0 radical (unpaired) electrons. The van der Waals surface area contributed by atoms with Crippen LogP contribution in [0.3, 0.4) is 0 Å². The molecule has 0 saturated carbocycles. The van der Waals surface area contributed by atoms with Gasteiger partial charge in [-0.25, -0.2) is 0 Å². The van der Waals surface area contributed by atoms with Gasteiger partial charge in [-0.05, 0) is 24.3 Å². The van der Waals surface area contributed by atoms with Crippen molar-refractivity contribution in [2.24, 2.45) is 0 Å². The quantitative estimate of drug-likeness (QED) is 0.805. The van der Waals surface area contributed by atoms with Crippen molar-refractivity contribution in [3.63, 3.8) is 0 Å². The molecule has 0 aliphatic carbocycles. The second-order valence-corrected chi connectivity index (χ2v) is 5.89. The van der Waals surface area contributed by atoms with Gasteiger partial charge >= 0.3 is 6.18 Å². The van der Waals surface area contributed by atoms with E-state index in [2.05, 4.69) is 20.3 Å². The van der Waals surface area contributed by atoms with Crippen LogP contribution in [0.1, 0.15) is 15.9 Å². The molecule has 0 atom stereocenters. The maximum atomic E-state index is 12.4. The van der Waals surface area contributed by atoms with Crippen LogP contribution in [-0.4, -0.2) is 55.2 Å². The molecule has 0 bridgehead atoms. The molecule has 11 heteroatoms. The fourth-order valence-electron chi connectivity index (χ4n) is 2.59. The molecule has 2 heterocycles. The first kappa shape index (κ1) is 19.5. The molecule has 2 aromatic rings. The van der Waals surface area contributed by atoms with Gasteiger partial charge in [0.2, 0.25) is 0 Å². The molecule has 1 aromatic carbocycles. The maximum Gasteiger partial charge on any atom is 0.422 e. The zero-order valence-corrected chi connectivity index (χ0v) is 14.5. The zero-order valence-electron chi connectivity index (χ0n) is 14.5. The summed E-state index contributed by atoms with van der Waals surface area (Å²) < 4.78 is 46.4. The van der Waals surface area contributed by atoms with E-state index in [0.717, 1.165) is 0 Å². The lowest BCUT2D eigenvalue weighted by Crippen LogP contribution is -2.36. The lowest BCUT2D eigenvalue weighted by molar-refractivity contribution is -0.153. The number of benzene rings is 1. The molecule has 0 unspecified atom stereocenters. The van der Waals surface area contributed by atoms with Gasteiger partial charge in [-0.3, -0.25) is 9.89 Å². The van der Waals surface area contributed by atoms with Crippen LogP contribution in [0.15, 0.2) is 24.3 Å². The summed E-state index contributed by atoms with van der Waals surface area (Å²) in [6.45, 7) is 0.769. The van der Waals surface area contributed by atoms with Crippen molar-refractivity contribution in [2.45, 2.75) is 6.18 Å². The highest BCUT2D eigenvalue weighted by Crippen LogP contribution is 2.25. The number of H-pyrrole nitrogens is 1. The van der Waals surface area contributed by atoms with Crippen molar-refractivity contribution in [1.82, 2.24) is 10.2 Å². The molecule has 3 rings (SSSR count). The monoisotopic (exact) mass is 395 g/mol. The maximum absolute atomic E-state index is 12.4. The van der Waals surface area contributed by atoms with Crippen LogP contribution in [-0.2, 0) is 4.74 Å². The molecule has 28 heavy (non-hydrogen) atoms. The second kappa shape index (κ2) is 8.18. The van der Waals surface area contributed by atoms with E-state index in [4.69, 9.17) is 4.74 Å². The van der Waals surface area contributed by atoms with E-state index in [1.165, 1.54) is 24.3 Å². The number of carbonyl (C=O) groups excluding carboxylic acids is 1. The Kier molecular flexibility index (Phi) is 5.70. The number of halogens is 3. The van der Waals surface area contributed by atoms with E-state index in [1.54, 1.807) is 0 Å². The number of hydrogen-bond acceptors (Lipinski definition) is 6. The number of carbonyl (C=O) groups is 1. The molecule has 1 fully saturated rings. The van der Waals surface area contributed by atoms with Crippen LogP contribution in [0.2, 0.25) is 0 Å². The van der Waals surface area contributed by atoms with Gasteiger partial charge in [0.15, 0.2) is 12.4 Å². The highest BCUT2D eigenvalue weighted by molar-refractivity contribution is 6.04. The number of morpholine rings is 1. The molecule has 0 spiro atoms. The highest BCUT2D eigenvalue weighted by Gasteiger charge is 2.28. The van der Waals surface area contributed by atoms with E-state index in [1.807, 2.05) is 11.0 Å². The van der Waals surface area contributed by atoms with Crippen molar-refractivity contribution in [1.29, 1.82) is 5.26 Å². The third-order valence-electron chi connectivity index (χ3n) is 3.93.